The molecule has 0 aromatic heterocycles. The zero-order valence-corrected chi connectivity index (χ0v) is 7.72. The Morgan fingerprint density at radius 3 is 1.17 bits per heavy atom. The van der Waals surface area contributed by atoms with Gasteiger partial charge in [0.2, 0.25) is 0 Å². The molecule has 0 saturated heterocycles. The van der Waals surface area contributed by atoms with E-state index in [1.54, 1.807) is 0 Å². The normalized spacial score (nSPS) is 0. The molecule has 35 valence electrons. The Hall–Kier alpha value is 3.11. The van der Waals surface area contributed by atoms with E-state index in [1.165, 1.54) is 0 Å². The first-order valence-electron chi connectivity index (χ1n) is 0. The van der Waals surface area contributed by atoms with Gasteiger partial charge in [-0.3, -0.25) is 0 Å². The summed E-state index contributed by atoms with van der Waals surface area (Å²) in [7, 11) is 0. The average molecular weight is 247 g/mol. The van der Waals surface area contributed by atoms with Crippen molar-refractivity contribution in [3.63, 3.8) is 0 Å². The van der Waals surface area contributed by atoms with Crippen molar-refractivity contribution in [1.29, 1.82) is 0 Å². The molecule has 0 aliphatic carbocycles. The van der Waals surface area contributed by atoms with Crippen molar-refractivity contribution in [2.75, 3.05) is 0 Å². The summed E-state index contributed by atoms with van der Waals surface area (Å²) in [6.45, 7) is 0. The Kier molecular flexibility index (Phi) is 437. The number of hydrogen-bond donors (Lipinski definition) is 0. The second kappa shape index (κ2) is 42.4. The molecule has 1 nitrogen and oxygen atoms in total. The van der Waals surface area contributed by atoms with E-state index >= 15 is 0 Å². The molecule has 0 heterocycles. The maximum absolute atomic E-state index is 0. The molecule has 0 bridgehead atoms. The van der Waals surface area contributed by atoms with E-state index in [2.05, 4.69) is 0 Å². The van der Waals surface area contributed by atoms with Crippen LogP contribution in [0.15, 0.2) is 0 Å². The summed E-state index contributed by atoms with van der Waals surface area (Å²) < 4.78 is 0. The van der Waals surface area contributed by atoms with Crippen molar-refractivity contribution in [1.82, 2.24) is 0 Å². The van der Waals surface area contributed by atoms with Gasteiger partial charge in [-0.15, -0.1) is 0 Å². The van der Waals surface area contributed by atoms with Crippen molar-refractivity contribution < 1.29 is 58.4 Å². The Bertz CT molecular complexity index is 22.0. The topological polar surface area (TPSA) is 31.5 Å². The molecule has 0 aliphatic rings. The van der Waals surface area contributed by atoms with Gasteiger partial charge in [0.05, 0.1) is 0 Å². The van der Waals surface area contributed by atoms with Crippen LogP contribution in [0.4, 0.5) is 0 Å². The summed E-state index contributed by atoms with van der Waals surface area (Å²) in [5.41, 5.74) is 0. The summed E-state index contributed by atoms with van der Waals surface area (Å²) in [6, 6.07) is 0. The summed E-state index contributed by atoms with van der Waals surface area (Å²) in [5, 5.41) is 0. The van der Waals surface area contributed by atoms with Crippen LogP contribution in [0, 0.1) is 0 Å². The Labute approximate surface area is 108 Å². The fourth-order valence-corrected chi connectivity index (χ4v) is 0. The van der Waals surface area contributed by atoms with Crippen molar-refractivity contribution in [2.24, 2.45) is 0 Å². The quantitative estimate of drug-likeness (QED) is 0.396. The smallest absolute Gasteiger partial charge is 1.00 e. The predicted molar refractivity (Wildman–Crippen MR) is 32.9 cm³/mol. The fourth-order valence-electron chi connectivity index (χ4n) is 0. The molecule has 0 aromatic rings. The van der Waals surface area contributed by atoms with Crippen molar-refractivity contribution in [3.05, 3.63) is 0 Å². The van der Waals surface area contributed by atoms with Gasteiger partial charge in [0.1, 0.15) is 0 Å². The molecule has 0 rings (SSSR count). The minimum Gasteiger partial charge on any atom is -1.00 e. The molecule has 0 aromatic carbocycles. The van der Waals surface area contributed by atoms with Gasteiger partial charge < -0.3 is 8.33 Å². The Morgan fingerprint density at radius 1 is 1.17 bits per heavy atom. The van der Waals surface area contributed by atoms with Crippen LogP contribution >= 0.6 is 0 Å². The van der Waals surface area contributed by atoms with Crippen molar-refractivity contribution in [2.45, 2.75) is 0 Å². The summed E-state index contributed by atoms with van der Waals surface area (Å²) in [5.74, 6) is 0. The third-order valence-corrected chi connectivity index (χ3v) is 0. The van der Waals surface area contributed by atoms with E-state index in [9.17, 15) is 0 Å². The molecule has 0 unspecified atom stereocenters. The van der Waals surface area contributed by atoms with Crippen LogP contribution in [0.5, 0.6) is 0 Å². The average Bonchev–Trinajstić information content (AvgIpc) is 0. The van der Waals surface area contributed by atoms with Gasteiger partial charge in [0, 0.05) is 50.1 Å². The molecule has 0 atom stereocenters. The van der Waals surface area contributed by atoms with Crippen LogP contribution in [-0.4, -0.2) is 56.9 Å². The maximum atomic E-state index is 0. The van der Waals surface area contributed by atoms with E-state index in [1.807, 2.05) is 0 Å². The summed E-state index contributed by atoms with van der Waals surface area (Å²) >= 11 is 0. The molecule has 0 saturated carbocycles. The molecule has 6 heteroatoms. The standard InChI is InChI=1S/Al.Cr.Mg.H2O.H4Si.Y.5H/h;;;1H2;1H4;;;;;;/q;;+2;;;;;;;2*-1. The Balaban J connectivity index is 0. The van der Waals surface area contributed by atoms with E-state index in [4.69, 9.17) is 0 Å². The predicted octanol–water partition coefficient (Wildman–Crippen LogP) is -3.62. The van der Waals surface area contributed by atoms with Gasteiger partial charge in [-0.2, -0.15) is 0 Å². The third-order valence-electron chi connectivity index (χ3n) is 0. The molecule has 0 spiro atoms. The molecule has 2 N–H and O–H groups in total. The zero-order valence-electron chi connectivity index (χ0n) is 4.19. The third kappa shape index (κ3) is 27.4. The van der Waals surface area contributed by atoms with Crippen LogP contribution in [-0.2, 0) is 50.1 Å². The zero-order chi connectivity index (χ0) is 0. The minimum atomic E-state index is 0. The first-order valence-corrected chi connectivity index (χ1v) is 0. The van der Waals surface area contributed by atoms with Gasteiger partial charge in [-0.05, 0) is 11.0 Å². The van der Waals surface area contributed by atoms with Gasteiger partial charge in [-0.1, -0.05) is 0 Å². The maximum Gasteiger partial charge on any atom is 2.00 e. The van der Waals surface area contributed by atoms with Crippen LogP contribution in [0.25, 0.3) is 0 Å². The van der Waals surface area contributed by atoms with E-state index in [0.29, 0.717) is 0 Å². The molecular formula is H11AlCrMgOSiY. The van der Waals surface area contributed by atoms with Crippen LogP contribution in [0.3, 0.4) is 0 Å². The second-order valence-electron chi connectivity index (χ2n) is 0. The molecule has 0 fully saturated rings. The largest absolute Gasteiger partial charge is 2.00 e. The van der Waals surface area contributed by atoms with Gasteiger partial charge in [0.15, 0.2) is 17.4 Å². The van der Waals surface area contributed by atoms with Crippen molar-refractivity contribution >= 4 is 51.4 Å². The molecular weight excluding hydrogens is 236 g/mol. The van der Waals surface area contributed by atoms with Crippen molar-refractivity contribution in [3.8, 4) is 0 Å². The monoisotopic (exact) mass is 247 g/mol. The first kappa shape index (κ1) is 61.9. The molecule has 6 heavy (non-hydrogen) atoms. The SMILES string of the molecule is O.[AlH3].[Cr].[H-].[H-].[Mg+2].[SiH4].[Y]. The van der Waals surface area contributed by atoms with Gasteiger partial charge >= 0.3 is 23.1 Å². The molecule has 0 aliphatic heterocycles. The van der Waals surface area contributed by atoms with E-state index in [0.717, 1.165) is 0 Å². The first-order chi connectivity index (χ1) is 0. The summed E-state index contributed by atoms with van der Waals surface area (Å²) in [6.07, 6.45) is 0. The Morgan fingerprint density at radius 2 is 1.17 bits per heavy atom. The van der Waals surface area contributed by atoms with Crippen LogP contribution < -0.4 is 0 Å². The number of hydrogen-bond acceptors (Lipinski definition) is 0. The second-order valence-corrected chi connectivity index (χ2v) is 0. The summed E-state index contributed by atoms with van der Waals surface area (Å²) in [4.78, 5) is 0. The van der Waals surface area contributed by atoms with Gasteiger partial charge in [0.25, 0.3) is 0 Å². The van der Waals surface area contributed by atoms with Crippen LogP contribution in [0.1, 0.15) is 2.85 Å². The minimum absolute atomic E-state index is 0. The molecule has 1 radical (unpaired) electrons. The fraction of sp³-hybridized carbons (Fsp3) is 0. The van der Waals surface area contributed by atoms with E-state index < -0.39 is 0 Å². The van der Waals surface area contributed by atoms with Gasteiger partial charge in [-0.25, -0.2) is 0 Å². The number of rotatable bonds is 0. The molecule has 0 amide bonds. The van der Waals surface area contributed by atoms with E-state index in [-0.39, 0.29) is 110 Å². The van der Waals surface area contributed by atoms with Crippen LogP contribution in [0.2, 0.25) is 0 Å².